The molecule has 2 fully saturated rings. The summed E-state index contributed by atoms with van der Waals surface area (Å²) in [5.41, 5.74) is 6.79. The first-order valence-electron chi connectivity index (χ1n) is 9.77. The van der Waals surface area contributed by atoms with Gasteiger partial charge in [-0.1, -0.05) is 0 Å². The van der Waals surface area contributed by atoms with Crippen LogP contribution >= 0.6 is 0 Å². The molecule has 4 rings (SSSR count). The maximum absolute atomic E-state index is 13.0. The summed E-state index contributed by atoms with van der Waals surface area (Å²) in [7, 11) is 0. The summed E-state index contributed by atoms with van der Waals surface area (Å²) < 4.78 is 11.1. The summed E-state index contributed by atoms with van der Waals surface area (Å²) in [5.74, 6) is 1.45. The monoisotopic (exact) mass is 373 g/mol. The maximum Gasteiger partial charge on any atom is 0.228 e. The molecule has 3 aliphatic heterocycles. The van der Waals surface area contributed by atoms with Crippen LogP contribution in [0.5, 0.6) is 11.5 Å². The Bertz CT molecular complexity index is 736. The zero-order valence-corrected chi connectivity index (χ0v) is 15.7. The van der Waals surface area contributed by atoms with E-state index in [0.29, 0.717) is 43.7 Å². The number of piperidine rings is 1. The van der Waals surface area contributed by atoms with Crippen LogP contribution in [-0.4, -0.2) is 55.6 Å². The highest BCUT2D eigenvalue weighted by molar-refractivity contribution is 6.00. The minimum absolute atomic E-state index is 0.0224. The fourth-order valence-electron chi connectivity index (χ4n) is 4.22. The van der Waals surface area contributed by atoms with Crippen LogP contribution in [0.4, 0.5) is 5.69 Å². The number of fused-ring (bicyclic) bond motifs is 1. The van der Waals surface area contributed by atoms with Crippen LogP contribution < -0.4 is 20.1 Å². The van der Waals surface area contributed by atoms with Crippen LogP contribution in [0, 0.1) is 11.8 Å². The first-order valence-corrected chi connectivity index (χ1v) is 9.77. The number of benzene rings is 1. The normalized spacial score (nSPS) is 26.2. The van der Waals surface area contributed by atoms with Gasteiger partial charge in [0.1, 0.15) is 13.2 Å². The number of likely N-dealkylation sites (tertiary alicyclic amines) is 1. The van der Waals surface area contributed by atoms with E-state index in [1.54, 1.807) is 4.90 Å². The summed E-state index contributed by atoms with van der Waals surface area (Å²) >= 11 is 0. The van der Waals surface area contributed by atoms with E-state index in [0.717, 1.165) is 25.1 Å². The molecule has 0 saturated carbocycles. The molecule has 7 heteroatoms. The lowest BCUT2D eigenvalue weighted by molar-refractivity contribution is -0.137. The third kappa shape index (κ3) is 3.60. The van der Waals surface area contributed by atoms with Crippen LogP contribution in [0.1, 0.15) is 26.2 Å². The highest BCUT2D eigenvalue weighted by atomic mass is 16.6. The Morgan fingerprint density at radius 2 is 2.00 bits per heavy atom. The molecule has 0 spiro atoms. The second-order valence-electron chi connectivity index (χ2n) is 7.78. The summed E-state index contributed by atoms with van der Waals surface area (Å²) in [6.45, 7) is 4.91. The molecule has 0 aromatic heterocycles. The SMILES string of the molecule is CC(N)C1CCCN(C(=O)C2CC(=O)N(c3ccc4c(c3)OCCO4)C2)C1. The van der Waals surface area contributed by atoms with Crippen molar-refractivity contribution in [3.8, 4) is 11.5 Å². The van der Waals surface area contributed by atoms with Crippen molar-refractivity contribution >= 4 is 17.5 Å². The Balaban J connectivity index is 1.45. The lowest BCUT2D eigenvalue weighted by atomic mass is 9.91. The van der Waals surface area contributed by atoms with Crippen molar-refractivity contribution in [1.82, 2.24) is 4.90 Å². The van der Waals surface area contributed by atoms with E-state index in [-0.39, 0.29) is 30.2 Å². The maximum atomic E-state index is 13.0. The molecule has 1 aromatic carbocycles. The average Bonchev–Trinajstić information content (AvgIpc) is 3.08. The molecule has 2 N–H and O–H groups in total. The third-order valence-corrected chi connectivity index (χ3v) is 5.82. The molecule has 1 aromatic rings. The quantitative estimate of drug-likeness (QED) is 0.866. The summed E-state index contributed by atoms with van der Waals surface area (Å²) in [6, 6.07) is 5.59. The van der Waals surface area contributed by atoms with Gasteiger partial charge in [-0.2, -0.15) is 0 Å². The van der Waals surface area contributed by atoms with Crippen LogP contribution in [-0.2, 0) is 9.59 Å². The minimum Gasteiger partial charge on any atom is -0.486 e. The van der Waals surface area contributed by atoms with Crippen LogP contribution in [0.25, 0.3) is 0 Å². The number of anilines is 1. The number of hydrogen-bond acceptors (Lipinski definition) is 5. The van der Waals surface area contributed by atoms with E-state index in [1.165, 1.54) is 0 Å². The van der Waals surface area contributed by atoms with Crippen molar-refractivity contribution in [2.75, 3.05) is 37.7 Å². The Labute approximate surface area is 159 Å². The topological polar surface area (TPSA) is 85.1 Å². The van der Waals surface area contributed by atoms with E-state index in [4.69, 9.17) is 15.2 Å². The van der Waals surface area contributed by atoms with Gasteiger partial charge in [-0.05, 0) is 37.8 Å². The van der Waals surface area contributed by atoms with Crippen molar-refractivity contribution < 1.29 is 19.1 Å². The lowest BCUT2D eigenvalue weighted by Crippen LogP contribution is -2.47. The van der Waals surface area contributed by atoms with Crippen molar-refractivity contribution in [3.05, 3.63) is 18.2 Å². The van der Waals surface area contributed by atoms with Gasteiger partial charge in [-0.3, -0.25) is 9.59 Å². The first-order chi connectivity index (χ1) is 13.0. The van der Waals surface area contributed by atoms with Crippen molar-refractivity contribution in [3.63, 3.8) is 0 Å². The Hall–Kier alpha value is -2.28. The van der Waals surface area contributed by atoms with E-state index in [1.807, 2.05) is 30.0 Å². The number of nitrogens with zero attached hydrogens (tertiary/aromatic N) is 2. The molecule has 2 saturated heterocycles. The highest BCUT2D eigenvalue weighted by Gasteiger charge is 2.39. The molecule has 0 radical (unpaired) electrons. The van der Waals surface area contributed by atoms with Crippen LogP contribution in [0.3, 0.4) is 0 Å². The molecule has 3 heterocycles. The van der Waals surface area contributed by atoms with Gasteiger partial charge in [0, 0.05) is 43.9 Å². The Morgan fingerprint density at radius 3 is 2.78 bits per heavy atom. The number of ether oxygens (including phenoxy) is 2. The molecule has 27 heavy (non-hydrogen) atoms. The van der Waals surface area contributed by atoms with E-state index < -0.39 is 0 Å². The smallest absolute Gasteiger partial charge is 0.228 e. The fraction of sp³-hybridized carbons (Fsp3) is 0.600. The number of carbonyl (C=O) groups is 2. The number of hydrogen-bond donors (Lipinski definition) is 1. The van der Waals surface area contributed by atoms with Gasteiger partial charge in [0.05, 0.1) is 5.92 Å². The van der Waals surface area contributed by atoms with E-state index in [9.17, 15) is 9.59 Å². The fourth-order valence-corrected chi connectivity index (χ4v) is 4.22. The first kappa shape index (κ1) is 18.1. The predicted molar refractivity (Wildman–Crippen MR) is 101 cm³/mol. The average molecular weight is 373 g/mol. The molecule has 0 aliphatic carbocycles. The lowest BCUT2D eigenvalue weighted by Gasteiger charge is -2.35. The molecule has 146 valence electrons. The van der Waals surface area contributed by atoms with Gasteiger partial charge < -0.3 is 25.0 Å². The number of amides is 2. The van der Waals surface area contributed by atoms with Crippen molar-refractivity contribution in [1.29, 1.82) is 0 Å². The summed E-state index contributed by atoms with van der Waals surface area (Å²) in [5, 5.41) is 0. The van der Waals surface area contributed by atoms with Crippen LogP contribution in [0.2, 0.25) is 0 Å². The second kappa shape index (κ2) is 7.38. The minimum atomic E-state index is -0.294. The largest absolute Gasteiger partial charge is 0.486 e. The molecular formula is C20H27N3O4. The Morgan fingerprint density at radius 1 is 1.22 bits per heavy atom. The zero-order chi connectivity index (χ0) is 19.0. The predicted octanol–water partition coefficient (Wildman–Crippen LogP) is 1.40. The van der Waals surface area contributed by atoms with Gasteiger partial charge in [-0.25, -0.2) is 0 Å². The van der Waals surface area contributed by atoms with E-state index in [2.05, 4.69) is 0 Å². The highest BCUT2D eigenvalue weighted by Crippen LogP contribution is 2.36. The summed E-state index contributed by atoms with van der Waals surface area (Å²) in [6.07, 6.45) is 2.30. The second-order valence-corrected chi connectivity index (χ2v) is 7.78. The summed E-state index contributed by atoms with van der Waals surface area (Å²) in [4.78, 5) is 29.2. The van der Waals surface area contributed by atoms with Crippen molar-refractivity contribution in [2.45, 2.75) is 32.2 Å². The molecule has 2 amide bonds. The number of carbonyl (C=O) groups excluding carboxylic acids is 2. The van der Waals surface area contributed by atoms with Gasteiger partial charge in [0.25, 0.3) is 0 Å². The molecular weight excluding hydrogens is 346 g/mol. The van der Waals surface area contributed by atoms with E-state index >= 15 is 0 Å². The Kier molecular flexibility index (Phi) is 4.95. The molecule has 3 unspecified atom stereocenters. The van der Waals surface area contributed by atoms with Crippen LogP contribution in [0.15, 0.2) is 18.2 Å². The van der Waals surface area contributed by atoms with Gasteiger partial charge in [0.15, 0.2) is 11.5 Å². The number of nitrogens with two attached hydrogens (primary N) is 1. The third-order valence-electron chi connectivity index (χ3n) is 5.82. The molecule has 7 nitrogen and oxygen atoms in total. The molecule has 0 bridgehead atoms. The van der Waals surface area contributed by atoms with Gasteiger partial charge in [0.2, 0.25) is 11.8 Å². The molecule has 3 aliphatic rings. The zero-order valence-electron chi connectivity index (χ0n) is 15.7. The molecule has 3 atom stereocenters. The standard InChI is InChI=1S/C20H27N3O4/c1-13(21)14-3-2-6-22(11-14)20(25)15-9-19(24)23(12-15)16-4-5-17-18(10-16)27-8-7-26-17/h4-5,10,13-15H,2-3,6-9,11-12,21H2,1H3. The number of rotatable bonds is 3. The van der Waals surface area contributed by atoms with Gasteiger partial charge in [-0.15, -0.1) is 0 Å². The van der Waals surface area contributed by atoms with Crippen molar-refractivity contribution in [2.24, 2.45) is 17.6 Å². The van der Waals surface area contributed by atoms with Gasteiger partial charge >= 0.3 is 0 Å².